The summed E-state index contributed by atoms with van der Waals surface area (Å²) < 4.78 is 10.5. The summed E-state index contributed by atoms with van der Waals surface area (Å²) >= 11 is 0. The standard InChI is InChI=1S/C26H26N4O6/c1-35-21-10-11-23(36-2)19(15-21)7-12-24(31)29-22(14-17-4-3-13-27-16-17)26(33)28-20-8-5-18(6-9-20)25(32)30-34/h3-13,15-16,22,34H,14H2,1-2H3,(H,28,33)(H,29,31)(H,30,32)/b12-7+. The molecule has 0 saturated carbocycles. The number of pyridine rings is 1. The molecule has 0 saturated heterocycles. The zero-order valence-electron chi connectivity index (χ0n) is 19.7. The van der Waals surface area contributed by atoms with Crippen molar-refractivity contribution in [3.05, 3.63) is 89.8 Å². The molecule has 1 aromatic heterocycles. The molecule has 2 aromatic carbocycles. The maximum absolute atomic E-state index is 13.1. The zero-order chi connectivity index (χ0) is 25.9. The molecule has 36 heavy (non-hydrogen) atoms. The molecule has 10 heteroatoms. The molecule has 0 spiro atoms. The second-order valence-electron chi connectivity index (χ2n) is 7.58. The number of anilines is 1. The van der Waals surface area contributed by atoms with Crippen molar-refractivity contribution in [1.82, 2.24) is 15.8 Å². The molecule has 0 aliphatic rings. The highest BCUT2D eigenvalue weighted by molar-refractivity contribution is 6.01. The number of carbonyl (C=O) groups excluding carboxylic acids is 3. The molecule has 3 aromatic rings. The Labute approximate surface area is 207 Å². The first-order valence-electron chi connectivity index (χ1n) is 10.9. The van der Waals surface area contributed by atoms with Crippen LogP contribution in [0.25, 0.3) is 6.08 Å². The van der Waals surface area contributed by atoms with Crippen LogP contribution in [-0.4, -0.2) is 48.2 Å². The summed E-state index contributed by atoms with van der Waals surface area (Å²) in [5.74, 6) is -0.457. The lowest BCUT2D eigenvalue weighted by atomic mass is 10.1. The van der Waals surface area contributed by atoms with Crippen molar-refractivity contribution in [2.24, 2.45) is 0 Å². The monoisotopic (exact) mass is 490 g/mol. The van der Waals surface area contributed by atoms with Crippen LogP contribution in [0.15, 0.2) is 73.1 Å². The second-order valence-corrected chi connectivity index (χ2v) is 7.58. The predicted octanol–water partition coefficient (Wildman–Crippen LogP) is 2.60. The van der Waals surface area contributed by atoms with E-state index in [1.54, 1.807) is 61.4 Å². The summed E-state index contributed by atoms with van der Waals surface area (Å²) in [5, 5.41) is 14.2. The summed E-state index contributed by atoms with van der Waals surface area (Å²) in [5.41, 5.74) is 3.56. The summed E-state index contributed by atoms with van der Waals surface area (Å²) in [4.78, 5) is 41.4. The van der Waals surface area contributed by atoms with E-state index in [-0.39, 0.29) is 12.0 Å². The number of nitrogens with one attached hydrogen (secondary N) is 3. The highest BCUT2D eigenvalue weighted by atomic mass is 16.5. The van der Waals surface area contributed by atoms with Gasteiger partial charge in [0.1, 0.15) is 17.5 Å². The van der Waals surface area contributed by atoms with Crippen molar-refractivity contribution in [1.29, 1.82) is 0 Å². The number of methoxy groups -OCH3 is 2. The predicted molar refractivity (Wildman–Crippen MR) is 133 cm³/mol. The average Bonchev–Trinajstić information content (AvgIpc) is 2.91. The average molecular weight is 491 g/mol. The minimum atomic E-state index is -0.918. The molecular weight excluding hydrogens is 464 g/mol. The third-order valence-electron chi connectivity index (χ3n) is 5.16. The van der Waals surface area contributed by atoms with Crippen molar-refractivity contribution in [2.75, 3.05) is 19.5 Å². The molecule has 0 radical (unpaired) electrons. The Morgan fingerprint density at radius 2 is 1.83 bits per heavy atom. The van der Waals surface area contributed by atoms with E-state index in [1.165, 1.54) is 37.5 Å². The fourth-order valence-electron chi connectivity index (χ4n) is 3.32. The largest absolute Gasteiger partial charge is 0.497 e. The Bertz CT molecular complexity index is 1230. The minimum absolute atomic E-state index is 0.201. The smallest absolute Gasteiger partial charge is 0.274 e. The van der Waals surface area contributed by atoms with Crippen LogP contribution in [-0.2, 0) is 16.0 Å². The van der Waals surface area contributed by atoms with Gasteiger partial charge in [0.05, 0.1) is 14.2 Å². The quantitative estimate of drug-likeness (QED) is 0.195. The zero-order valence-corrected chi connectivity index (χ0v) is 19.7. The van der Waals surface area contributed by atoms with Crippen LogP contribution in [0.2, 0.25) is 0 Å². The fraction of sp³-hybridized carbons (Fsp3) is 0.154. The van der Waals surface area contributed by atoms with Crippen molar-refractivity contribution in [3.63, 3.8) is 0 Å². The van der Waals surface area contributed by atoms with Gasteiger partial charge in [-0.15, -0.1) is 0 Å². The number of hydrogen-bond donors (Lipinski definition) is 4. The van der Waals surface area contributed by atoms with Crippen LogP contribution >= 0.6 is 0 Å². The topological polar surface area (TPSA) is 139 Å². The van der Waals surface area contributed by atoms with Crippen LogP contribution in [0.1, 0.15) is 21.5 Å². The van der Waals surface area contributed by atoms with Crippen LogP contribution in [0.4, 0.5) is 5.69 Å². The molecule has 1 unspecified atom stereocenters. The van der Waals surface area contributed by atoms with Crippen molar-refractivity contribution in [3.8, 4) is 11.5 Å². The van der Waals surface area contributed by atoms with Gasteiger partial charge in [0.15, 0.2) is 0 Å². The number of hydrogen-bond acceptors (Lipinski definition) is 7. The van der Waals surface area contributed by atoms with Gasteiger partial charge in [-0.3, -0.25) is 24.6 Å². The number of rotatable bonds is 10. The van der Waals surface area contributed by atoms with Gasteiger partial charge >= 0.3 is 0 Å². The van der Waals surface area contributed by atoms with Gasteiger partial charge in [0.2, 0.25) is 11.8 Å². The van der Waals surface area contributed by atoms with Gasteiger partial charge in [0, 0.05) is 41.7 Å². The van der Waals surface area contributed by atoms with E-state index >= 15 is 0 Å². The molecule has 10 nitrogen and oxygen atoms in total. The van der Waals surface area contributed by atoms with Gasteiger partial charge in [-0.25, -0.2) is 5.48 Å². The first-order valence-corrected chi connectivity index (χ1v) is 10.9. The lowest BCUT2D eigenvalue weighted by Crippen LogP contribution is -2.44. The van der Waals surface area contributed by atoms with E-state index < -0.39 is 23.8 Å². The first kappa shape index (κ1) is 25.9. The van der Waals surface area contributed by atoms with E-state index in [0.717, 1.165) is 5.56 Å². The van der Waals surface area contributed by atoms with Crippen LogP contribution in [0.3, 0.4) is 0 Å². The van der Waals surface area contributed by atoms with Crippen LogP contribution in [0.5, 0.6) is 11.5 Å². The van der Waals surface area contributed by atoms with E-state index in [4.69, 9.17) is 14.7 Å². The highest BCUT2D eigenvalue weighted by Gasteiger charge is 2.21. The molecule has 186 valence electrons. The molecule has 0 aliphatic carbocycles. The lowest BCUT2D eigenvalue weighted by Gasteiger charge is -2.18. The van der Waals surface area contributed by atoms with Gasteiger partial charge in [-0.1, -0.05) is 6.07 Å². The van der Waals surface area contributed by atoms with Gasteiger partial charge in [0.25, 0.3) is 5.91 Å². The summed E-state index contributed by atoms with van der Waals surface area (Å²) in [6.07, 6.45) is 6.31. The molecule has 4 N–H and O–H groups in total. The Balaban J connectivity index is 1.76. The first-order chi connectivity index (χ1) is 17.4. The van der Waals surface area contributed by atoms with Crippen LogP contribution in [0, 0.1) is 0 Å². The van der Waals surface area contributed by atoms with Crippen molar-refractivity contribution in [2.45, 2.75) is 12.5 Å². The molecule has 1 heterocycles. The second kappa shape index (κ2) is 12.7. The molecule has 0 fully saturated rings. The number of benzene rings is 2. The van der Waals surface area contributed by atoms with Crippen LogP contribution < -0.4 is 25.6 Å². The van der Waals surface area contributed by atoms with Crippen molar-refractivity contribution >= 4 is 29.5 Å². The summed E-state index contributed by atoms with van der Waals surface area (Å²) in [7, 11) is 3.06. The molecule has 3 amide bonds. The maximum atomic E-state index is 13.1. The Kier molecular flexibility index (Phi) is 9.12. The van der Waals surface area contributed by atoms with E-state index in [1.807, 2.05) is 0 Å². The number of ether oxygens (including phenoxy) is 2. The van der Waals surface area contributed by atoms with E-state index in [2.05, 4.69) is 15.6 Å². The summed E-state index contributed by atoms with van der Waals surface area (Å²) in [6.45, 7) is 0. The Morgan fingerprint density at radius 1 is 1.06 bits per heavy atom. The third-order valence-corrected chi connectivity index (χ3v) is 5.16. The van der Waals surface area contributed by atoms with Gasteiger partial charge < -0.3 is 20.1 Å². The number of carbonyl (C=O) groups is 3. The Morgan fingerprint density at radius 3 is 2.47 bits per heavy atom. The maximum Gasteiger partial charge on any atom is 0.274 e. The lowest BCUT2D eigenvalue weighted by molar-refractivity contribution is -0.123. The minimum Gasteiger partial charge on any atom is -0.497 e. The van der Waals surface area contributed by atoms with Gasteiger partial charge in [-0.2, -0.15) is 0 Å². The molecule has 0 aliphatic heterocycles. The Hall–Kier alpha value is -4.70. The fourth-order valence-corrected chi connectivity index (χ4v) is 3.32. The highest BCUT2D eigenvalue weighted by Crippen LogP contribution is 2.25. The molecule has 1 atom stereocenters. The SMILES string of the molecule is COc1ccc(OC)c(/C=C/C(=O)NC(Cc2cccnc2)C(=O)Nc2ccc(C(=O)NO)cc2)c1. The molecule has 0 bridgehead atoms. The summed E-state index contributed by atoms with van der Waals surface area (Å²) in [6, 6.07) is 13.7. The molecular formula is C26H26N4O6. The number of nitrogens with zero attached hydrogens (tertiary/aromatic N) is 1. The normalized spacial score (nSPS) is 11.4. The van der Waals surface area contributed by atoms with E-state index in [0.29, 0.717) is 22.7 Å². The number of aromatic nitrogens is 1. The van der Waals surface area contributed by atoms with E-state index in [9.17, 15) is 14.4 Å². The number of amides is 3. The third kappa shape index (κ3) is 7.15. The van der Waals surface area contributed by atoms with Gasteiger partial charge in [-0.05, 0) is 60.2 Å². The molecule has 3 rings (SSSR count). The number of hydroxylamine groups is 1. The van der Waals surface area contributed by atoms with Crippen molar-refractivity contribution < 1.29 is 29.1 Å².